The molecule has 1 aliphatic rings. The molecule has 1 atom stereocenters. The van der Waals surface area contributed by atoms with Crippen LogP contribution >= 0.6 is 0 Å². The molecule has 6 heteroatoms. The molecule has 0 aromatic carbocycles. The maximum atomic E-state index is 11.6. The van der Waals surface area contributed by atoms with E-state index in [0.717, 1.165) is 6.42 Å². The lowest BCUT2D eigenvalue weighted by atomic mass is 10.1. The Bertz CT molecular complexity index is 528. The zero-order valence-electron chi connectivity index (χ0n) is 11.6. The molecular formula is C14H19N3O3. The van der Waals surface area contributed by atoms with Gasteiger partial charge >= 0.3 is 12.0 Å². The molecule has 20 heavy (non-hydrogen) atoms. The van der Waals surface area contributed by atoms with Crippen molar-refractivity contribution in [3.8, 4) is 0 Å². The molecule has 0 aliphatic heterocycles. The number of carbonyl (C=O) groups excluding carboxylic acids is 1. The Morgan fingerprint density at radius 2 is 2.15 bits per heavy atom. The van der Waals surface area contributed by atoms with Crippen molar-refractivity contribution in [2.24, 2.45) is 11.3 Å². The lowest BCUT2D eigenvalue weighted by Gasteiger charge is -2.08. The van der Waals surface area contributed by atoms with E-state index in [-0.39, 0.29) is 18.1 Å². The van der Waals surface area contributed by atoms with E-state index in [1.165, 1.54) is 18.3 Å². The smallest absolute Gasteiger partial charge is 0.335 e. The van der Waals surface area contributed by atoms with Gasteiger partial charge in [0.15, 0.2) is 0 Å². The van der Waals surface area contributed by atoms with Gasteiger partial charge in [0.25, 0.3) is 0 Å². The number of nitrogens with one attached hydrogen (secondary N) is 2. The van der Waals surface area contributed by atoms with Gasteiger partial charge < -0.3 is 15.7 Å². The van der Waals surface area contributed by atoms with Gasteiger partial charge in [0.05, 0.1) is 17.8 Å². The number of hydrogen-bond acceptors (Lipinski definition) is 3. The standard InChI is InChI=1S/C14H19N3O3/c1-14(2)6-10(14)7-16-13(20)17-8-11-5-9(12(18)19)3-4-15-11/h3-5,10H,6-8H2,1-2H3,(H,18,19)(H2,16,17,20). The molecule has 2 amide bonds. The summed E-state index contributed by atoms with van der Waals surface area (Å²) in [6.07, 6.45) is 2.56. The first-order valence-corrected chi connectivity index (χ1v) is 6.58. The maximum absolute atomic E-state index is 11.6. The summed E-state index contributed by atoms with van der Waals surface area (Å²) in [7, 11) is 0. The van der Waals surface area contributed by atoms with Gasteiger partial charge in [-0.2, -0.15) is 0 Å². The normalized spacial score (nSPS) is 19.2. The minimum absolute atomic E-state index is 0.164. The van der Waals surface area contributed by atoms with E-state index in [2.05, 4.69) is 29.5 Å². The number of hydrogen-bond donors (Lipinski definition) is 3. The highest BCUT2D eigenvalue weighted by Crippen LogP contribution is 2.50. The van der Waals surface area contributed by atoms with Crippen LogP contribution in [0, 0.1) is 11.3 Å². The first-order valence-electron chi connectivity index (χ1n) is 6.58. The molecule has 1 aromatic rings. The topological polar surface area (TPSA) is 91.3 Å². The zero-order valence-corrected chi connectivity index (χ0v) is 11.6. The molecule has 0 spiro atoms. The highest BCUT2D eigenvalue weighted by molar-refractivity contribution is 5.87. The van der Waals surface area contributed by atoms with E-state index in [1.54, 1.807) is 0 Å². The molecule has 2 rings (SSSR count). The van der Waals surface area contributed by atoms with Crippen LogP contribution in [0.2, 0.25) is 0 Å². The fourth-order valence-electron chi connectivity index (χ4n) is 2.08. The molecule has 1 aliphatic carbocycles. The van der Waals surface area contributed by atoms with Crippen LogP contribution in [0.4, 0.5) is 4.79 Å². The highest BCUT2D eigenvalue weighted by Gasteiger charge is 2.45. The van der Waals surface area contributed by atoms with Crippen molar-refractivity contribution >= 4 is 12.0 Å². The van der Waals surface area contributed by atoms with Gasteiger partial charge in [-0.25, -0.2) is 9.59 Å². The lowest BCUT2D eigenvalue weighted by molar-refractivity contribution is 0.0696. The summed E-state index contributed by atoms with van der Waals surface area (Å²) in [6.45, 7) is 5.24. The van der Waals surface area contributed by atoms with Crippen molar-refractivity contribution in [2.75, 3.05) is 6.54 Å². The summed E-state index contributed by atoms with van der Waals surface area (Å²) in [4.78, 5) is 26.4. The Hall–Kier alpha value is -2.11. The van der Waals surface area contributed by atoms with Crippen LogP contribution in [0.3, 0.4) is 0 Å². The minimum atomic E-state index is -1.01. The first-order chi connectivity index (χ1) is 9.38. The van der Waals surface area contributed by atoms with Crippen molar-refractivity contribution in [2.45, 2.75) is 26.8 Å². The average Bonchev–Trinajstić information content (AvgIpc) is 3.02. The second kappa shape index (κ2) is 5.48. The molecule has 1 fully saturated rings. The fraction of sp³-hybridized carbons (Fsp3) is 0.500. The molecule has 3 N–H and O–H groups in total. The number of carbonyl (C=O) groups is 2. The lowest BCUT2D eigenvalue weighted by Crippen LogP contribution is -2.36. The van der Waals surface area contributed by atoms with Crippen LogP contribution < -0.4 is 10.6 Å². The van der Waals surface area contributed by atoms with E-state index in [4.69, 9.17) is 5.11 Å². The summed E-state index contributed by atoms with van der Waals surface area (Å²) in [6, 6.07) is 2.61. The van der Waals surface area contributed by atoms with Gasteiger partial charge in [0, 0.05) is 12.7 Å². The zero-order chi connectivity index (χ0) is 14.8. The number of nitrogens with zero attached hydrogens (tertiary/aromatic N) is 1. The van der Waals surface area contributed by atoms with Gasteiger partial charge in [-0.1, -0.05) is 13.8 Å². The maximum Gasteiger partial charge on any atom is 0.335 e. The number of urea groups is 1. The quantitative estimate of drug-likeness (QED) is 0.762. The highest BCUT2D eigenvalue weighted by atomic mass is 16.4. The van der Waals surface area contributed by atoms with Crippen LogP contribution in [-0.2, 0) is 6.54 Å². The second-order valence-corrected chi connectivity index (χ2v) is 5.79. The summed E-state index contributed by atoms with van der Waals surface area (Å²) < 4.78 is 0. The van der Waals surface area contributed by atoms with Crippen molar-refractivity contribution in [1.82, 2.24) is 15.6 Å². The Kier molecular flexibility index (Phi) is 3.92. The summed E-state index contributed by atoms with van der Waals surface area (Å²) in [5.74, 6) is -0.462. The van der Waals surface area contributed by atoms with Crippen LogP contribution in [-0.4, -0.2) is 28.6 Å². The Morgan fingerprint density at radius 3 is 2.75 bits per heavy atom. The molecule has 1 aromatic heterocycles. The largest absolute Gasteiger partial charge is 0.478 e. The average molecular weight is 277 g/mol. The van der Waals surface area contributed by atoms with E-state index >= 15 is 0 Å². The van der Waals surface area contributed by atoms with Gasteiger partial charge in [0.2, 0.25) is 0 Å². The second-order valence-electron chi connectivity index (χ2n) is 5.79. The Balaban J connectivity index is 1.75. The Labute approximate surface area is 117 Å². The molecular weight excluding hydrogens is 258 g/mol. The van der Waals surface area contributed by atoms with E-state index in [0.29, 0.717) is 23.6 Å². The third-order valence-electron chi connectivity index (χ3n) is 3.72. The number of amides is 2. The van der Waals surface area contributed by atoms with Crippen molar-refractivity contribution in [3.05, 3.63) is 29.6 Å². The van der Waals surface area contributed by atoms with Gasteiger partial charge in [-0.05, 0) is 29.9 Å². The number of carboxylic acid groups (broad SMARTS) is 1. The van der Waals surface area contributed by atoms with E-state index in [1.807, 2.05) is 0 Å². The van der Waals surface area contributed by atoms with Gasteiger partial charge in [-0.15, -0.1) is 0 Å². The van der Waals surface area contributed by atoms with Crippen LogP contribution in [0.5, 0.6) is 0 Å². The van der Waals surface area contributed by atoms with Gasteiger partial charge in [-0.3, -0.25) is 4.98 Å². The molecule has 108 valence electrons. The fourth-order valence-corrected chi connectivity index (χ4v) is 2.08. The predicted molar refractivity (Wildman–Crippen MR) is 73.3 cm³/mol. The third-order valence-corrected chi connectivity index (χ3v) is 3.72. The number of carboxylic acids is 1. The van der Waals surface area contributed by atoms with Crippen molar-refractivity contribution < 1.29 is 14.7 Å². The number of pyridine rings is 1. The van der Waals surface area contributed by atoms with Crippen LogP contribution in [0.1, 0.15) is 36.3 Å². The van der Waals surface area contributed by atoms with E-state index < -0.39 is 5.97 Å². The number of aromatic nitrogens is 1. The molecule has 1 saturated carbocycles. The molecule has 0 saturated heterocycles. The van der Waals surface area contributed by atoms with Crippen LogP contribution in [0.25, 0.3) is 0 Å². The van der Waals surface area contributed by atoms with Crippen molar-refractivity contribution in [1.29, 1.82) is 0 Å². The van der Waals surface area contributed by atoms with Crippen molar-refractivity contribution in [3.63, 3.8) is 0 Å². The molecule has 0 bridgehead atoms. The minimum Gasteiger partial charge on any atom is -0.478 e. The summed E-state index contributed by atoms with van der Waals surface area (Å²) >= 11 is 0. The summed E-state index contributed by atoms with van der Waals surface area (Å²) in [5.41, 5.74) is 1.02. The predicted octanol–water partition coefficient (Wildman–Crippen LogP) is 1.63. The first kappa shape index (κ1) is 14.3. The number of aromatic carboxylic acids is 1. The molecule has 0 radical (unpaired) electrons. The molecule has 1 heterocycles. The van der Waals surface area contributed by atoms with E-state index in [9.17, 15) is 9.59 Å². The monoisotopic (exact) mass is 277 g/mol. The SMILES string of the molecule is CC1(C)CC1CNC(=O)NCc1cc(C(=O)O)ccn1. The molecule has 6 nitrogen and oxygen atoms in total. The molecule has 1 unspecified atom stereocenters. The summed E-state index contributed by atoms with van der Waals surface area (Å²) in [5, 5.41) is 14.3. The van der Waals surface area contributed by atoms with Gasteiger partial charge in [0.1, 0.15) is 0 Å². The Morgan fingerprint density at radius 1 is 1.45 bits per heavy atom. The number of rotatable bonds is 5. The third kappa shape index (κ3) is 3.69. The van der Waals surface area contributed by atoms with Crippen LogP contribution in [0.15, 0.2) is 18.3 Å².